The molecule has 2 aromatic rings. The second-order valence-electron chi connectivity index (χ2n) is 8.47. The number of carbonyl (C=O) groups excluding carboxylic acids is 1. The van der Waals surface area contributed by atoms with E-state index in [1.165, 1.54) is 12.0 Å². The van der Waals surface area contributed by atoms with E-state index in [2.05, 4.69) is 41.0 Å². The van der Waals surface area contributed by atoms with E-state index < -0.39 is 0 Å². The van der Waals surface area contributed by atoms with E-state index in [0.29, 0.717) is 17.5 Å². The second kappa shape index (κ2) is 11.5. The van der Waals surface area contributed by atoms with Gasteiger partial charge in [0.2, 0.25) is 0 Å². The molecular weight excluding hydrogens is 425 g/mol. The summed E-state index contributed by atoms with van der Waals surface area (Å²) >= 11 is 0. The number of rotatable bonds is 8. The molecule has 6 nitrogen and oxygen atoms in total. The van der Waals surface area contributed by atoms with Crippen LogP contribution in [0.5, 0.6) is 0 Å². The van der Waals surface area contributed by atoms with Crippen molar-refractivity contribution in [1.82, 2.24) is 10.3 Å². The molecule has 0 bridgehead atoms. The summed E-state index contributed by atoms with van der Waals surface area (Å²) in [6.07, 6.45) is 10.7. The van der Waals surface area contributed by atoms with Gasteiger partial charge in [-0.1, -0.05) is 31.6 Å². The van der Waals surface area contributed by atoms with Crippen molar-refractivity contribution < 1.29 is 56.2 Å². The van der Waals surface area contributed by atoms with Crippen LogP contribution < -0.4 is 67.3 Å². The van der Waals surface area contributed by atoms with E-state index in [1.54, 1.807) is 12.4 Å². The van der Waals surface area contributed by atoms with Crippen LogP contribution >= 0.6 is 0 Å². The Kier molecular flexibility index (Phi) is 8.96. The van der Waals surface area contributed by atoms with Crippen LogP contribution in [0.4, 0.5) is 11.5 Å². The van der Waals surface area contributed by atoms with Crippen LogP contribution in [0.3, 0.4) is 0 Å². The van der Waals surface area contributed by atoms with Crippen LogP contribution in [0.25, 0.3) is 0 Å². The number of amides is 1. The molecule has 3 N–H and O–H groups in total. The van der Waals surface area contributed by atoms with Gasteiger partial charge in [-0.25, -0.2) is 6.07 Å². The molecule has 1 saturated carbocycles. The summed E-state index contributed by atoms with van der Waals surface area (Å²) in [5, 5.41) is 9.26. The molecule has 1 aliphatic carbocycles. The summed E-state index contributed by atoms with van der Waals surface area (Å²) in [5.41, 5.74) is 3.71. The number of aromatic nitrogens is 1. The number of nitrogens with zero attached hydrogens (tertiary/aromatic N) is 2. The Morgan fingerprint density at radius 2 is 2.12 bits per heavy atom. The number of nitrogens with one attached hydrogen (secondary N) is 3. The second-order valence-corrected chi connectivity index (χ2v) is 8.47. The first-order valence-corrected chi connectivity index (χ1v) is 10.9. The summed E-state index contributed by atoms with van der Waals surface area (Å²) in [5.74, 6) is 1.61. The number of fused-ring (bicyclic) bond motifs is 1. The number of dihydropyridines is 1. The fraction of sp³-hybridized carbons (Fsp3) is 0.360. The van der Waals surface area contributed by atoms with Gasteiger partial charge < -0.3 is 27.1 Å². The fourth-order valence-electron chi connectivity index (χ4n) is 4.05. The summed E-state index contributed by atoms with van der Waals surface area (Å²) in [6, 6.07) is 11.9. The van der Waals surface area contributed by atoms with Gasteiger partial charge in [-0.2, -0.15) is 12.3 Å². The first kappa shape index (κ1) is 25.0. The predicted molar refractivity (Wildman–Crippen MR) is 125 cm³/mol. The van der Waals surface area contributed by atoms with Gasteiger partial charge >= 0.3 is 51.4 Å². The Morgan fingerprint density at radius 3 is 2.81 bits per heavy atom. The number of hydrogen-bond donors (Lipinski definition) is 3. The Hall–Kier alpha value is -1.64. The van der Waals surface area contributed by atoms with E-state index in [4.69, 9.17) is 4.99 Å². The van der Waals surface area contributed by atoms with Crippen molar-refractivity contribution in [3.63, 3.8) is 0 Å². The number of anilines is 2. The maximum Gasteiger partial charge on any atom is 1.00 e. The smallest absolute Gasteiger partial charge is 0.560 e. The quantitative estimate of drug-likeness (QED) is 0.322. The van der Waals surface area contributed by atoms with E-state index in [-0.39, 0.29) is 69.4 Å². The Bertz CT molecular complexity index is 1010. The number of hydrogen-bond acceptors (Lipinski definition) is 5. The average molecular weight is 455 g/mol. The molecule has 2 aliphatic rings. The standard InChI is InChI=1S/C25H29N5O.K/c1-16(2)21-15-23(30-22-10-9-20(21)22)25(31)29-19-7-4-6-18(14-19)17(3)26-12-13-28-24-8-5-11-27-24;/h4-8,11,13-17,20,22,26H,9-10H2,1-3H3,(H,27,28)(H,29,31);/q-2;+1. The van der Waals surface area contributed by atoms with E-state index >= 15 is 0 Å². The van der Waals surface area contributed by atoms with Crippen LogP contribution in [-0.4, -0.2) is 22.6 Å². The van der Waals surface area contributed by atoms with Crippen LogP contribution in [-0.2, 0) is 4.79 Å². The van der Waals surface area contributed by atoms with Crippen LogP contribution in [0.1, 0.15) is 45.2 Å². The minimum Gasteiger partial charge on any atom is -0.560 e. The zero-order chi connectivity index (χ0) is 21.8. The molecule has 0 saturated heterocycles. The van der Waals surface area contributed by atoms with E-state index in [1.807, 2.05) is 49.4 Å². The molecule has 2 heterocycles. The minimum absolute atomic E-state index is 0. The molecule has 1 amide bonds. The molecule has 3 unspecified atom stereocenters. The molecule has 1 fully saturated rings. The van der Waals surface area contributed by atoms with E-state index in [0.717, 1.165) is 23.5 Å². The average Bonchev–Trinajstić information content (AvgIpc) is 3.25. The monoisotopic (exact) mass is 454 g/mol. The number of benzene rings is 1. The molecule has 0 spiro atoms. The van der Waals surface area contributed by atoms with Gasteiger partial charge in [0.15, 0.2) is 0 Å². The summed E-state index contributed by atoms with van der Waals surface area (Å²) in [4.78, 5) is 21.7. The van der Waals surface area contributed by atoms with E-state index in [9.17, 15) is 4.79 Å². The van der Waals surface area contributed by atoms with Gasteiger partial charge in [0.1, 0.15) is 5.71 Å². The summed E-state index contributed by atoms with van der Waals surface area (Å²) in [6.45, 7) is 6.43. The molecule has 162 valence electrons. The largest absolute Gasteiger partial charge is 1.00 e. The van der Waals surface area contributed by atoms with Gasteiger partial charge in [-0.15, -0.1) is 6.20 Å². The molecule has 3 atom stereocenters. The zero-order valence-corrected chi connectivity index (χ0v) is 22.3. The third-order valence-electron chi connectivity index (χ3n) is 5.96. The van der Waals surface area contributed by atoms with Crippen molar-refractivity contribution in [2.45, 2.75) is 45.7 Å². The topological polar surface area (TPSA) is 78.4 Å². The number of aliphatic imine (C=N–C) groups is 1. The van der Waals surface area contributed by atoms with Crippen molar-refractivity contribution in [2.24, 2.45) is 16.8 Å². The normalized spacial score (nSPS) is 20.4. The molecule has 1 aromatic carbocycles. The molecule has 1 aromatic heterocycles. The van der Waals surface area contributed by atoms with Crippen LogP contribution in [0, 0.1) is 18.0 Å². The Labute approximate surface area is 232 Å². The zero-order valence-electron chi connectivity index (χ0n) is 19.2. The van der Waals surface area contributed by atoms with Crippen molar-refractivity contribution in [3.05, 3.63) is 72.2 Å². The minimum atomic E-state index is -0.140. The van der Waals surface area contributed by atoms with Crippen molar-refractivity contribution in [3.8, 4) is 0 Å². The van der Waals surface area contributed by atoms with Gasteiger partial charge in [0.25, 0.3) is 5.91 Å². The van der Waals surface area contributed by atoms with Crippen LogP contribution in [0.2, 0.25) is 0 Å². The predicted octanol–water partition coefficient (Wildman–Crippen LogP) is 1.60. The van der Waals surface area contributed by atoms with Gasteiger partial charge in [-0.3, -0.25) is 9.79 Å². The van der Waals surface area contributed by atoms with Gasteiger partial charge in [0.05, 0.1) is 6.04 Å². The molecule has 0 radical (unpaired) electrons. The van der Waals surface area contributed by atoms with Crippen LogP contribution in [0.15, 0.2) is 65.4 Å². The van der Waals surface area contributed by atoms with Crippen molar-refractivity contribution in [1.29, 1.82) is 0 Å². The van der Waals surface area contributed by atoms with Crippen molar-refractivity contribution in [2.75, 3.05) is 10.6 Å². The fourth-order valence-corrected chi connectivity index (χ4v) is 4.05. The first-order chi connectivity index (χ1) is 15.0. The first-order valence-electron chi connectivity index (χ1n) is 10.9. The third kappa shape index (κ3) is 6.02. The van der Waals surface area contributed by atoms with Gasteiger partial charge in [-0.05, 0) is 49.5 Å². The van der Waals surface area contributed by atoms with Crippen molar-refractivity contribution >= 4 is 23.1 Å². The molecule has 7 heteroatoms. The van der Waals surface area contributed by atoms with Gasteiger partial charge in [0, 0.05) is 23.5 Å². The molecule has 4 rings (SSSR count). The Morgan fingerprint density at radius 1 is 1.28 bits per heavy atom. The maximum atomic E-state index is 12.9. The molecular formula is C25H29KN5O-. The summed E-state index contributed by atoms with van der Waals surface area (Å²) in [7, 11) is 0. The maximum absolute atomic E-state index is 12.9. The number of carbonyl (C=O) groups is 1. The molecule has 32 heavy (non-hydrogen) atoms. The Balaban J connectivity index is 0.00000289. The SMILES string of the molecule is CC(C)C1=CC(C(=O)Nc2cccc(C(C)N[C-]=CNc3[cH-]ccn3)c2)=NC2CCC12.[K+]. The summed E-state index contributed by atoms with van der Waals surface area (Å²) < 4.78 is 0. The third-order valence-corrected chi connectivity index (χ3v) is 5.96. The molecule has 1 aliphatic heterocycles.